The Balaban J connectivity index is 2.74. The lowest BCUT2D eigenvalue weighted by Gasteiger charge is -2.53. The second-order valence-electron chi connectivity index (χ2n) is 8.21. The van der Waals surface area contributed by atoms with E-state index in [0.29, 0.717) is 19.4 Å². The molecular formula is C18H32N2O7. The van der Waals surface area contributed by atoms with E-state index in [1.165, 1.54) is 0 Å². The van der Waals surface area contributed by atoms with Gasteiger partial charge in [-0.05, 0) is 34.1 Å². The highest BCUT2D eigenvalue weighted by Crippen LogP contribution is 2.39. The summed E-state index contributed by atoms with van der Waals surface area (Å²) in [6.07, 6.45) is 1.65. The summed E-state index contributed by atoms with van der Waals surface area (Å²) in [5, 5.41) is 19.7. The summed E-state index contributed by atoms with van der Waals surface area (Å²) in [6.45, 7) is 9.26. The molecule has 1 fully saturated rings. The summed E-state index contributed by atoms with van der Waals surface area (Å²) in [5.74, 6) is -3.03. The molecule has 0 aromatic rings. The Labute approximate surface area is 160 Å². The van der Waals surface area contributed by atoms with Gasteiger partial charge in [-0.1, -0.05) is 6.92 Å². The van der Waals surface area contributed by atoms with E-state index >= 15 is 0 Å². The Hall–Kier alpha value is -1.71. The summed E-state index contributed by atoms with van der Waals surface area (Å²) in [5.41, 5.74) is -0.715. The molecule has 9 nitrogen and oxygen atoms in total. The van der Waals surface area contributed by atoms with Crippen LogP contribution >= 0.6 is 0 Å². The van der Waals surface area contributed by atoms with Gasteiger partial charge in [0.15, 0.2) is 0 Å². The Bertz CT molecular complexity index is 514. The Morgan fingerprint density at radius 1 is 1.00 bits per heavy atom. The fourth-order valence-corrected chi connectivity index (χ4v) is 3.74. The van der Waals surface area contributed by atoms with Crippen LogP contribution in [0.3, 0.4) is 0 Å². The fraction of sp³-hybridized carbons (Fsp3) is 0.833. The number of carbonyl (C=O) groups excluding carboxylic acids is 1. The topological polar surface area (TPSA) is 117 Å². The number of rotatable bonds is 10. The van der Waals surface area contributed by atoms with Gasteiger partial charge in [0.2, 0.25) is 0 Å². The first-order valence-corrected chi connectivity index (χ1v) is 9.16. The maximum atomic E-state index is 12.3. The molecule has 1 saturated heterocycles. The fourth-order valence-electron chi connectivity index (χ4n) is 3.74. The second-order valence-corrected chi connectivity index (χ2v) is 8.21. The van der Waals surface area contributed by atoms with Gasteiger partial charge < -0.3 is 14.9 Å². The van der Waals surface area contributed by atoms with Gasteiger partial charge in [-0.3, -0.25) is 24.1 Å². The minimum absolute atomic E-state index is 0.357. The molecule has 2 N–H and O–H groups in total. The van der Waals surface area contributed by atoms with Crippen molar-refractivity contribution in [2.24, 2.45) is 0 Å². The first-order valence-electron chi connectivity index (χ1n) is 9.16. The van der Waals surface area contributed by atoms with Gasteiger partial charge in [-0.2, -0.15) is 5.06 Å². The third-order valence-electron chi connectivity index (χ3n) is 4.35. The molecule has 0 radical (unpaired) electrons. The zero-order valence-electron chi connectivity index (χ0n) is 16.9. The Kier molecular flexibility index (Phi) is 8.19. The van der Waals surface area contributed by atoms with Crippen LogP contribution in [-0.2, 0) is 24.0 Å². The quantitative estimate of drug-likeness (QED) is 0.535. The van der Waals surface area contributed by atoms with Crippen molar-refractivity contribution in [3.8, 4) is 0 Å². The SMILES string of the molecule is CCCON1C(C)(C)CC(OC(=O)CN(CC(=O)O)CC(=O)O)CC1(C)C. The van der Waals surface area contributed by atoms with E-state index in [0.717, 1.165) is 11.3 Å². The predicted molar refractivity (Wildman–Crippen MR) is 97.1 cm³/mol. The maximum Gasteiger partial charge on any atom is 0.320 e. The van der Waals surface area contributed by atoms with Crippen molar-refractivity contribution in [1.29, 1.82) is 0 Å². The summed E-state index contributed by atoms with van der Waals surface area (Å²) >= 11 is 0. The molecule has 9 heteroatoms. The zero-order valence-corrected chi connectivity index (χ0v) is 16.9. The number of piperidine rings is 1. The summed E-state index contributed by atoms with van der Waals surface area (Å²) in [4.78, 5) is 40.9. The van der Waals surface area contributed by atoms with Crippen LogP contribution < -0.4 is 0 Å². The molecule has 0 aliphatic carbocycles. The normalized spacial score (nSPS) is 19.8. The molecular weight excluding hydrogens is 356 g/mol. The third-order valence-corrected chi connectivity index (χ3v) is 4.35. The molecule has 0 unspecified atom stereocenters. The van der Waals surface area contributed by atoms with E-state index in [1.807, 2.05) is 39.7 Å². The molecule has 0 bridgehead atoms. The number of carboxylic acid groups (broad SMARTS) is 2. The highest BCUT2D eigenvalue weighted by atomic mass is 16.7. The molecule has 1 aliphatic rings. The van der Waals surface area contributed by atoms with Gasteiger partial charge in [-0.15, -0.1) is 0 Å². The van der Waals surface area contributed by atoms with E-state index in [4.69, 9.17) is 19.8 Å². The zero-order chi connectivity index (χ0) is 20.8. The minimum Gasteiger partial charge on any atom is -0.480 e. The molecule has 0 aromatic heterocycles. The van der Waals surface area contributed by atoms with Crippen molar-refractivity contribution in [3.05, 3.63) is 0 Å². The molecule has 1 heterocycles. The van der Waals surface area contributed by atoms with Crippen LogP contribution in [-0.4, -0.2) is 81.5 Å². The highest BCUT2D eigenvalue weighted by molar-refractivity contribution is 5.76. The molecule has 0 atom stereocenters. The van der Waals surface area contributed by atoms with Crippen LogP contribution in [0.1, 0.15) is 53.9 Å². The molecule has 1 rings (SSSR count). The number of hydrogen-bond donors (Lipinski definition) is 2. The van der Waals surface area contributed by atoms with Gasteiger partial charge in [0.25, 0.3) is 0 Å². The lowest BCUT2D eigenvalue weighted by molar-refractivity contribution is -0.293. The predicted octanol–water partition coefficient (Wildman–Crippen LogP) is 1.36. The van der Waals surface area contributed by atoms with Crippen molar-refractivity contribution in [2.45, 2.75) is 71.1 Å². The number of hydrogen-bond acceptors (Lipinski definition) is 7. The lowest BCUT2D eigenvalue weighted by atomic mass is 9.80. The van der Waals surface area contributed by atoms with Crippen LogP contribution in [0, 0.1) is 0 Å². The van der Waals surface area contributed by atoms with Crippen LogP contribution in [0.4, 0.5) is 0 Å². The van der Waals surface area contributed by atoms with Crippen LogP contribution in [0.2, 0.25) is 0 Å². The van der Waals surface area contributed by atoms with Crippen LogP contribution in [0.5, 0.6) is 0 Å². The third kappa shape index (κ3) is 7.43. The van der Waals surface area contributed by atoms with Gasteiger partial charge in [0.1, 0.15) is 6.10 Å². The molecule has 0 saturated carbocycles. The van der Waals surface area contributed by atoms with Gasteiger partial charge in [0.05, 0.1) is 26.2 Å². The minimum atomic E-state index is -1.20. The number of aliphatic carboxylic acids is 2. The van der Waals surface area contributed by atoms with Crippen LogP contribution in [0.15, 0.2) is 0 Å². The number of hydroxylamine groups is 2. The second kappa shape index (κ2) is 9.48. The first kappa shape index (κ1) is 23.3. The van der Waals surface area contributed by atoms with Crippen molar-refractivity contribution >= 4 is 17.9 Å². The molecule has 0 aromatic carbocycles. The lowest BCUT2D eigenvalue weighted by Crippen LogP contribution is -2.62. The van der Waals surface area contributed by atoms with E-state index in [-0.39, 0.29) is 23.7 Å². The monoisotopic (exact) mass is 388 g/mol. The molecule has 156 valence electrons. The van der Waals surface area contributed by atoms with Crippen molar-refractivity contribution in [2.75, 3.05) is 26.2 Å². The van der Waals surface area contributed by atoms with Gasteiger partial charge >= 0.3 is 17.9 Å². The smallest absolute Gasteiger partial charge is 0.320 e. The molecule has 1 aliphatic heterocycles. The van der Waals surface area contributed by atoms with Crippen molar-refractivity contribution in [1.82, 2.24) is 9.96 Å². The standard InChI is InChI=1S/C18H32N2O7/c1-6-7-26-20-17(2,3)8-13(9-18(20,4)5)27-16(25)12-19(10-14(21)22)11-15(23)24/h13H,6-12H2,1-5H3,(H,21,22)(H,23,24). The molecule has 0 amide bonds. The van der Waals surface area contributed by atoms with E-state index < -0.39 is 31.0 Å². The largest absolute Gasteiger partial charge is 0.480 e. The summed E-state index contributed by atoms with van der Waals surface area (Å²) in [7, 11) is 0. The van der Waals surface area contributed by atoms with Gasteiger partial charge in [-0.25, -0.2) is 0 Å². The average Bonchev–Trinajstić information content (AvgIpc) is 2.42. The summed E-state index contributed by atoms with van der Waals surface area (Å²) < 4.78 is 5.56. The maximum absolute atomic E-state index is 12.3. The van der Waals surface area contributed by atoms with E-state index in [1.54, 1.807) is 0 Å². The van der Waals surface area contributed by atoms with Gasteiger partial charge in [0, 0.05) is 23.9 Å². The number of esters is 1. The number of carbonyl (C=O) groups is 3. The summed E-state index contributed by atoms with van der Waals surface area (Å²) in [6, 6.07) is 0. The van der Waals surface area contributed by atoms with E-state index in [2.05, 4.69) is 0 Å². The average molecular weight is 388 g/mol. The Morgan fingerprint density at radius 3 is 1.89 bits per heavy atom. The molecule has 0 spiro atoms. The van der Waals surface area contributed by atoms with Crippen molar-refractivity contribution in [3.63, 3.8) is 0 Å². The van der Waals surface area contributed by atoms with E-state index in [9.17, 15) is 14.4 Å². The Morgan fingerprint density at radius 2 is 1.48 bits per heavy atom. The van der Waals surface area contributed by atoms with Crippen LogP contribution in [0.25, 0.3) is 0 Å². The first-order chi connectivity index (χ1) is 12.4. The number of ether oxygens (including phenoxy) is 1. The molecule has 27 heavy (non-hydrogen) atoms. The number of carboxylic acids is 2. The number of nitrogens with zero attached hydrogens (tertiary/aromatic N) is 2. The van der Waals surface area contributed by atoms with Crippen molar-refractivity contribution < 1.29 is 34.2 Å². The highest BCUT2D eigenvalue weighted by Gasteiger charge is 2.47.